The van der Waals surface area contributed by atoms with Crippen molar-refractivity contribution in [2.24, 2.45) is 0 Å². The van der Waals surface area contributed by atoms with E-state index in [2.05, 4.69) is 0 Å². The van der Waals surface area contributed by atoms with Crippen molar-refractivity contribution in [3.63, 3.8) is 0 Å². The smallest absolute Gasteiger partial charge is 0.346 e. The molecule has 16 heavy (non-hydrogen) atoms. The number of hydrogen-bond acceptors (Lipinski definition) is 4. The highest BCUT2D eigenvalue weighted by atomic mass is 35.7. The second kappa shape index (κ2) is 4.01. The fraction of sp³-hybridized carbons (Fsp3) is 0.444. The number of carbonyl (C=O) groups is 1. The van der Waals surface area contributed by atoms with Gasteiger partial charge in [-0.2, -0.15) is 0 Å². The van der Waals surface area contributed by atoms with Crippen LogP contribution in [0.4, 0.5) is 0 Å². The molecule has 0 aromatic carbocycles. The Bertz CT molecular complexity index is 522. The monoisotopic (exact) mass is 282 g/mol. The van der Waals surface area contributed by atoms with Crippen LogP contribution in [0.3, 0.4) is 0 Å². The molecule has 1 heterocycles. The summed E-state index contributed by atoms with van der Waals surface area (Å²) in [5.74, 6) is -1.14. The van der Waals surface area contributed by atoms with E-state index in [1.165, 1.54) is 6.07 Å². The Hall–Kier alpha value is -0.590. The van der Waals surface area contributed by atoms with Gasteiger partial charge in [0.2, 0.25) is 0 Å². The molecule has 90 valence electrons. The van der Waals surface area contributed by atoms with Crippen LogP contribution in [0.1, 0.15) is 36.0 Å². The molecule has 0 saturated heterocycles. The van der Waals surface area contributed by atoms with E-state index >= 15 is 0 Å². The van der Waals surface area contributed by atoms with E-state index in [9.17, 15) is 13.2 Å². The lowest BCUT2D eigenvalue weighted by Crippen LogP contribution is -2.14. The molecule has 0 saturated carbocycles. The second-order valence-corrected chi connectivity index (χ2v) is 8.15. The lowest BCUT2D eigenvalue weighted by atomic mass is 9.87. The molecule has 1 rings (SSSR count). The van der Waals surface area contributed by atoms with Crippen LogP contribution in [0.15, 0.2) is 10.3 Å². The minimum absolute atomic E-state index is 0.0201. The van der Waals surface area contributed by atoms with Gasteiger partial charge in [-0.3, -0.25) is 0 Å². The Labute approximate surface area is 102 Å². The van der Waals surface area contributed by atoms with Gasteiger partial charge < -0.3 is 5.11 Å². The van der Waals surface area contributed by atoms with Crippen molar-refractivity contribution in [1.82, 2.24) is 0 Å². The largest absolute Gasteiger partial charge is 0.477 e. The summed E-state index contributed by atoms with van der Waals surface area (Å²) in [6.07, 6.45) is 0. The van der Waals surface area contributed by atoms with Gasteiger partial charge in [0.1, 0.15) is 9.09 Å². The van der Waals surface area contributed by atoms with E-state index in [1.54, 1.807) is 0 Å². The highest BCUT2D eigenvalue weighted by Gasteiger charge is 2.28. The Morgan fingerprint density at radius 3 is 2.19 bits per heavy atom. The molecule has 0 fully saturated rings. The number of hydrogen-bond donors (Lipinski definition) is 1. The van der Waals surface area contributed by atoms with Crippen molar-refractivity contribution in [1.29, 1.82) is 0 Å². The summed E-state index contributed by atoms with van der Waals surface area (Å²) in [7, 11) is 1.32. The van der Waals surface area contributed by atoms with Gasteiger partial charge >= 0.3 is 5.97 Å². The number of rotatable bonds is 2. The van der Waals surface area contributed by atoms with Crippen LogP contribution in [0.25, 0.3) is 0 Å². The quantitative estimate of drug-likeness (QED) is 0.847. The summed E-state index contributed by atoms with van der Waals surface area (Å²) in [5, 5.41) is 8.98. The van der Waals surface area contributed by atoms with Gasteiger partial charge in [-0.15, -0.1) is 11.3 Å². The molecule has 0 aliphatic rings. The van der Waals surface area contributed by atoms with Crippen LogP contribution in [0.5, 0.6) is 0 Å². The topological polar surface area (TPSA) is 71.4 Å². The van der Waals surface area contributed by atoms with E-state index in [0.29, 0.717) is 16.9 Å². The molecule has 0 radical (unpaired) electrons. The lowest BCUT2D eigenvalue weighted by Gasteiger charge is -2.17. The normalized spacial score (nSPS) is 12.8. The standard InChI is InChI=1S/C9H11ClO4S2/c1-9(2,3)5-4-6(16(10,13)14)15-7(5)8(11)12/h4H,1-3H3,(H,11,12). The maximum Gasteiger partial charge on any atom is 0.346 e. The molecule has 0 atom stereocenters. The molecule has 1 aromatic heterocycles. The SMILES string of the molecule is CC(C)(C)c1cc(S(=O)(=O)Cl)sc1C(=O)O. The second-order valence-electron chi connectivity index (χ2n) is 4.30. The van der Waals surface area contributed by atoms with Crippen LogP contribution in [-0.2, 0) is 14.5 Å². The predicted molar refractivity (Wildman–Crippen MR) is 63.0 cm³/mol. The van der Waals surface area contributed by atoms with Gasteiger partial charge in [-0.1, -0.05) is 20.8 Å². The average molecular weight is 283 g/mol. The first kappa shape index (κ1) is 13.5. The Kier molecular flexibility index (Phi) is 3.38. The molecule has 4 nitrogen and oxygen atoms in total. The Balaban J connectivity index is 3.50. The molecule has 0 aliphatic heterocycles. The highest BCUT2D eigenvalue weighted by molar-refractivity contribution is 8.15. The zero-order valence-electron chi connectivity index (χ0n) is 8.94. The average Bonchev–Trinajstić information content (AvgIpc) is 2.44. The molecule has 0 unspecified atom stereocenters. The van der Waals surface area contributed by atoms with Crippen molar-refractivity contribution in [2.75, 3.05) is 0 Å². The first-order valence-corrected chi connectivity index (χ1v) is 7.48. The summed E-state index contributed by atoms with van der Waals surface area (Å²) in [4.78, 5) is 11.0. The third kappa shape index (κ3) is 2.75. The van der Waals surface area contributed by atoms with Crippen LogP contribution >= 0.6 is 22.0 Å². The molecule has 0 aliphatic carbocycles. The number of carboxylic acid groups (broad SMARTS) is 1. The van der Waals surface area contributed by atoms with Gasteiger partial charge in [0.15, 0.2) is 0 Å². The number of aromatic carboxylic acids is 1. The lowest BCUT2D eigenvalue weighted by molar-refractivity contribution is 0.0699. The van der Waals surface area contributed by atoms with E-state index in [1.807, 2.05) is 20.8 Å². The number of thiophene rings is 1. The first-order valence-electron chi connectivity index (χ1n) is 4.36. The minimum atomic E-state index is -3.87. The van der Waals surface area contributed by atoms with Gasteiger partial charge in [0, 0.05) is 10.7 Å². The predicted octanol–water partition coefficient (Wildman–Crippen LogP) is 2.67. The van der Waals surface area contributed by atoms with Crippen molar-refractivity contribution in [3.05, 3.63) is 16.5 Å². The van der Waals surface area contributed by atoms with E-state index in [4.69, 9.17) is 15.8 Å². The van der Waals surface area contributed by atoms with Crippen molar-refractivity contribution in [2.45, 2.75) is 30.4 Å². The molecule has 0 bridgehead atoms. The van der Waals surface area contributed by atoms with E-state index in [0.717, 1.165) is 0 Å². The molecule has 0 spiro atoms. The van der Waals surface area contributed by atoms with Gasteiger partial charge in [-0.25, -0.2) is 13.2 Å². The van der Waals surface area contributed by atoms with Gasteiger partial charge in [-0.05, 0) is 17.0 Å². The van der Waals surface area contributed by atoms with Crippen LogP contribution < -0.4 is 0 Å². The Morgan fingerprint density at radius 1 is 1.44 bits per heavy atom. The number of halogens is 1. The molecule has 1 aromatic rings. The summed E-state index contributed by atoms with van der Waals surface area (Å²) in [5.41, 5.74) is 0.0357. The van der Waals surface area contributed by atoms with Crippen molar-refractivity contribution in [3.8, 4) is 0 Å². The molecule has 0 amide bonds. The third-order valence-electron chi connectivity index (χ3n) is 1.95. The highest BCUT2D eigenvalue weighted by Crippen LogP contribution is 2.35. The zero-order valence-corrected chi connectivity index (χ0v) is 11.3. The summed E-state index contributed by atoms with van der Waals surface area (Å²) < 4.78 is 22.1. The van der Waals surface area contributed by atoms with E-state index < -0.39 is 20.4 Å². The van der Waals surface area contributed by atoms with E-state index in [-0.39, 0.29) is 9.09 Å². The van der Waals surface area contributed by atoms with Crippen LogP contribution in [0.2, 0.25) is 0 Å². The molecule has 1 N–H and O–H groups in total. The third-order valence-corrected chi connectivity index (χ3v) is 5.15. The van der Waals surface area contributed by atoms with Crippen LogP contribution in [0, 0.1) is 0 Å². The van der Waals surface area contributed by atoms with Gasteiger partial charge in [0.05, 0.1) is 0 Å². The summed E-state index contributed by atoms with van der Waals surface area (Å²) in [6, 6.07) is 1.33. The van der Waals surface area contributed by atoms with Crippen molar-refractivity contribution < 1.29 is 18.3 Å². The molecular weight excluding hydrogens is 272 g/mol. The zero-order chi connectivity index (χ0) is 12.7. The minimum Gasteiger partial charge on any atom is -0.477 e. The molecular formula is C9H11ClO4S2. The number of carboxylic acids is 1. The Morgan fingerprint density at radius 2 is 1.94 bits per heavy atom. The summed E-state index contributed by atoms with van der Waals surface area (Å²) in [6.45, 7) is 5.43. The molecule has 7 heteroatoms. The van der Waals surface area contributed by atoms with Crippen molar-refractivity contribution >= 4 is 37.0 Å². The van der Waals surface area contributed by atoms with Crippen LogP contribution in [-0.4, -0.2) is 19.5 Å². The first-order chi connectivity index (χ1) is 7.03. The maximum absolute atomic E-state index is 11.1. The van der Waals surface area contributed by atoms with Gasteiger partial charge in [0.25, 0.3) is 9.05 Å². The fourth-order valence-corrected chi connectivity index (χ4v) is 3.47. The maximum atomic E-state index is 11.1. The fourth-order valence-electron chi connectivity index (χ4n) is 1.20. The summed E-state index contributed by atoms with van der Waals surface area (Å²) >= 11 is 0.682.